The summed E-state index contributed by atoms with van der Waals surface area (Å²) in [6.45, 7) is 5.69. The monoisotopic (exact) mass is 358 g/mol. The van der Waals surface area contributed by atoms with Gasteiger partial charge < -0.3 is 16.5 Å². The molecule has 2 rings (SSSR count). The van der Waals surface area contributed by atoms with Crippen molar-refractivity contribution in [3.63, 3.8) is 0 Å². The summed E-state index contributed by atoms with van der Waals surface area (Å²) in [4.78, 5) is 17.3. The van der Waals surface area contributed by atoms with Gasteiger partial charge in [0.1, 0.15) is 0 Å². The molecule has 0 fully saturated rings. The summed E-state index contributed by atoms with van der Waals surface area (Å²) in [7, 11) is 0. The molecule has 0 saturated carbocycles. The minimum Gasteiger partial charge on any atom is -0.398 e. The van der Waals surface area contributed by atoms with Crippen LogP contribution in [0.3, 0.4) is 0 Å². The number of nitrogens with zero attached hydrogens (tertiary/aromatic N) is 1. The average molecular weight is 359 g/mol. The lowest BCUT2D eigenvalue weighted by molar-refractivity contribution is -0.118. The first-order chi connectivity index (χ1) is 11.8. The van der Waals surface area contributed by atoms with E-state index in [0.717, 1.165) is 6.42 Å². The minimum atomic E-state index is -0.458. The highest BCUT2D eigenvalue weighted by Gasteiger charge is 2.29. The summed E-state index contributed by atoms with van der Waals surface area (Å²) in [5.41, 5.74) is 8.52. The van der Waals surface area contributed by atoms with Crippen LogP contribution in [0.15, 0.2) is 36.5 Å². The van der Waals surface area contributed by atoms with Crippen molar-refractivity contribution in [1.82, 2.24) is 4.98 Å². The van der Waals surface area contributed by atoms with Crippen LogP contribution < -0.4 is 11.1 Å². The number of rotatable bonds is 6. The highest BCUT2D eigenvalue weighted by Crippen LogP contribution is 2.32. The van der Waals surface area contributed by atoms with Crippen LogP contribution in [0, 0.1) is 11.3 Å². The van der Waals surface area contributed by atoms with Gasteiger partial charge in [0.2, 0.25) is 5.91 Å². The number of nitrogens with two attached hydrogens (primary N) is 1. The maximum Gasteiger partial charge on any atom is 0.233 e. The Kier molecular flexibility index (Phi) is 6.15. The number of hydrogen-bond acceptors (Lipinski definition) is 4. The van der Waals surface area contributed by atoms with E-state index in [0.29, 0.717) is 33.4 Å². The molecule has 0 bridgehead atoms. The second-order valence-electron chi connectivity index (χ2n) is 6.15. The van der Waals surface area contributed by atoms with Crippen molar-refractivity contribution in [2.75, 3.05) is 11.1 Å². The van der Waals surface area contributed by atoms with E-state index >= 15 is 0 Å². The Hall–Kier alpha value is -2.40. The fourth-order valence-corrected chi connectivity index (χ4v) is 2.93. The van der Waals surface area contributed by atoms with Gasteiger partial charge in [-0.15, -0.1) is 0 Å². The topological polar surface area (TPSA) is 91.9 Å². The molecule has 1 amide bonds. The van der Waals surface area contributed by atoms with Crippen molar-refractivity contribution in [1.29, 1.82) is 5.41 Å². The van der Waals surface area contributed by atoms with E-state index in [4.69, 9.17) is 22.7 Å². The highest BCUT2D eigenvalue weighted by molar-refractivity contribution is 6.31. The van der Waals surface area contributed by atoms with Crippen molar-refractivity contribution in [2.24, 2.45) is 5.92 Å². The van der Waals surface area contributed by atoms with Gasteiger partial charge in [-0.05, 0) is 43.2 Å². The smallest absolute Gasteiger partial charge is 0.233 e. The normalized spacial score (nSPS) is 13.1. The van der Waals surface area contributed by atoms with Crippen molar-refractivity contribution in [2.45, 2.75) is 33.1 Å². The van der Waals surface area contributed by atoms with Gasteiger partial charge in [-0.3, -0.25) is 9.78 Å². The minimum absolute atomic E-state index is 0.0742. The largest absolute Gasteiger partial charge is 0.398 e. The number of amides is 1. The van der Waals surface area contributed by atoms with Gasteiger partial charge in [-0.1, -0.05) is 31.9 Å². The fourth-order valence-electron chi connectivity index (χ4n) is 2.69. The third-order valence-electron chi connectivity index (χ3n) is 4.30. The lowest BCUT2D eigenvalue weighted by Crippen LogP contribution is -2.27. The molecule has 1 heterocycles. The van der Waals surface area contributed by atoms with E-state index in [9.17, 15) is 4.79 Å². The summed E-state index contributed by atoms with van der Waals surface area (Å²) in [6.07, 6.45) is 2.46. The Morgan fingerprint density at radius 3 is 2.72 bits per heavy atom. The number of benzene rings is 1. The number of pyridine rings is 1. The maximum absolute atomic E-state index is 12.9. The molecule has 0 radical (unpaired) electrons. The Morgan fingerprint density at radius 2 is 2.12 bits per heavy atom. The zero-order valence-corrected chi connectivity index (χ0v) is 15.4. The average Bonchev–Trinajstić information content (AvgIpc) is 2.58. The summed E-state index contributed by atoms with van der Waals surface area (Å²) < 4.78 is 0. The van der Waals surface area contributed by atoms with Crippen LogP contribution >= 0.6 is 11.6 Å². The quantitative estimate of drug-likeness (QED) is 0.525. The maximum atomic E-state index is 12.9. The van der Waals surface area contributed by atoms with E-state index in [1.807, 2.05) is 13.8 Å². The lowest BCUT2D eigenvalue weighted by atomic mass is 9.87. The van der Waals surface area contributed by atoms with Crippen LogP contribution in [0.4, 0.5) is 11.4 Å². The number of nitrogens with one attached hydrogen (secondary N) is 2. The molecule has 25 heavy (non-hydrogen) atoms. The first-order valence-electron chi connectivity index (χ1n) is 8.21. The lowest BCUT2D eigenvalue weighted by Gasteiger charge is -2.23. The van der Waals surface area contributed by atoms with Crippen LogP contribution in [-0.2, 0) is 4.79 Å². The van der Waals surface area contributed by atoms with E-state index in [2.05, 4.69) is 10.3 Å². The second kappa shape index (κ2) is 8.12. The molecule has 2 atom stereocenters. The predicted octanol–water partition coefficient (Wildman–Crippen LogP) is 4.47. The Morgan fingerprint density at radius 1 is 1.40 bits per heavy atom. The first kappa shape index (κ1) is 18.9. The van der Waals surface area contributed by atoms with Gasteiger partial charge >= 0.3 is 0 Å². The van der Waals surface area contributed by atoms with Crippen LogP contribution in [0.25, 0.3) is 0 Å². The molecular weight excluding hydrogens is 336 g/mol. The summed E-state index contributed by atoms with van der Waals surface area (Å²) in [6, 6.07) is 8.62. The van der Waals surface area contributed by atoms with Crippen molar-refractivity contribution >= 4 is 34.6 Å². The zero-order valence-electron chi connectivity index (χ0n) is 14.6. The molecule has 0 aliphatic heterocycles. The molecule has 2 unspecified atom stereocenters. The van der Waals surface area contributed by atoms with Gasteiger partial charge in [-0.2, -0.15) is 0 Å². The van der Waals surface area contributed by atoms with E-state index < -0.39 is 5.92 Å². The van der Waals surface area contributed by atoms with Crippen molar-refractivity contribution < 1.29 is 4.79 Å². The number of aromatic nitrogens is 1. The van der Waals surface area contributed by atoms with Gasteiger partial charge in [-0.25, -0.2) is 0 Å². The predicted molar refractivity (Wildman–Crippen MR) is 103 cm³/mol. The molecule has 0 saturated heterocycles. The van der Waals surface area contributed by atoms with Crippen LogP contribution in [0.5, 0.6) is 0 Å². The molecule has 132 valence electrons. The van der Waals surface area contributed by atoms with Crippen LogP contribution in [0.1, 0.15) is 44.4 Å². The van der Waals surface area contributed by atoms with E-state index in [1.54, 1.807) is 43.5 Å². The second-order valence-corrected chi connectivity index (χ2v) is 6.56. The summed E-state index contributed by atoms with van der Waals surface area (Å²) in [5.74, 6) is -0.556. The molecule has 0 aliphatic rings. The van der Waals surface area contributed by atoms with Gasteiger partial charge in [0.25, 0.3) is 0 Å². The first-order valence-corrected chi connectivity index (χ1v) is 8.59. The number of carbonyl (C=O) groups is 1. The highest BCUT2D eigenvalue weighted by atomic mass is 35.5. The number of halogens is 1. The third-order valence-corrected chi connectivity index (χ3v) is 4.62. The van der Waals surface area contributed by atoms with Crippen LogP contribution in [-0.4, -0.2) is 16.6 Å². The fraction of sp³-hybridized carbons (Fsp3) is 0.316. The van der Waals surface area contributed by atoms with E-state index in [-0.39, 0.29) is 11.8 Å². The number of anilines is 2. The summed E-state index contributed by atoms with van der Waals surface area (Å²) >= 11 is 6.27. The van der Waals surface area contributed by atoms with Gasteiger partial charge in [0, 0.05) is 28.8 Å². The standard InChI is InChI=1S/C19H23ClN4O/c1-4-11(2)17(18-15(20)6-5-9-23-18)19(25)24-13-7-8-16(22)14(10-13)12(3)21/h5-11,17,21H,4,22H2,1-3H3,(H,24,25). The number of hydrogen-bond donors (Lipinski definition) is 3. The van der Waals surface area contributed by atoms with Crippen molar-refractivity contribution in [3.05, 3.63) is 52.8 Å². The molecule has 1 aromatic heterocycles. The molecule has 5 nitrogen and oxygen atoms in total. The molecular formula is C19H23ClN4O. The van der Waals surface area contributed by atoms with Gasteiger partial charge in [0.15, 0.2) is 0 Å². The molecule has 6 heteroatoms. The number of carbonyl (C=O) groups excluding carboxylic acids is 1. The van der Waals surface area contributed by atoms with Crippen LogP contribution in [0.2, 0.25) is 5.02 Å². The molecule has 2 aromatic rings. The molecule has 0 aliphatic carbocycles. The molecule has 0 spiro atoms. The molecule has 1 aromatic carbocycles. The third kappa shape index (κ3) is 4.37. The Balaban J connectivity index is 2.34. The number of nitrogen functional groups attached to an aromatic ring is 1. The summed E-state index contributed by atoms with van der Waals surface area (Å²) in [5, 5.41) is 11.2. The Labute approximate surface area is 153 Å². The molecule has 4 N–H and O–H groups in total. The van der Waals surface area contributed by atoms with E-state index in [1.165, 1.54) is 0 Å². The van der Waals surface area contributed by atoms with Gasteiger partial charge in [0.05, 0.1) is 16.6 Å². The Bertz CT molecular complexity index is 791. The van der Waals surface area contributed by atoms with Crippen molar-refractivity contribution in [3.8, 4) is 0 Å². The SMILES string of the molecule is CCC(C)C(C(=O)Nc1ccc(N)c(C(C)=N)c1)c1ncccc1Cl. The zero-order chi connectivity index (χ0) is 18.6.